The molecule has 1 saturated carbocycles. The zero-order chi connectivity index (χ0) is 32.3. The van der Waals surface area contributed by atoms with Crippen molar-refractivity contribution in [2.24, 2.45) is 17.8 Å². The molecule has 1 N–H and O–H groups in total. The predicted molar refractivity (Wildman–Crippen MR) is 177 cm³/mol. The van der Waals surface area contributed by atoms with Gasteiger partial charge >= 0.3 is 6.09 Å². The second-order valence-electron chi connectivity index (χ2n) is 13.6. The average Bonchev–Trinajstić information content (AvgIpc) is 3.67. The molecule has 2 aliphatic heterocycles. The molecule has 244 valence electrons. The van der Waals surface area contributed by atoms with Crippen molar-refractivity contribution in [3.05, 3.63) is 83.2 Å². The van der Waals surface area contributed by atoms with Gasteiger partial charge in [0, 0.05) is 68.8 Å². The minimum absolute atomic E-state index is 0.0585. The van der Waals surface area contributed by atoms with Crippen LogP contribution in [0.1, 0.15) is 61.7 Å². The number of halogens is 1. The van der Waals surface area contributed by atoms with Gasteiger partial charge in [-0.25, -0.2) is 14.2 Å². The summed E-state index contributed by atoms with van der Waals surface area (Å²) in [5.41, 5.74) is 3.44. The highest BCUT2D eigenvalue weighted by Crippen LogP contribution is 2.52. The fourth-order valence-electron chi connectivity index (χ4n) is 8.66. The number of ether oxygens (including phenoxy) is 1. The number of aryl methyl sites for hydroxylation is 2. The van der Waals surface area contributed by atoms with Crippen LogP contribution in [0.2, 0.25) is 0 Å². The lowest BCUT2D eigenvalue weighted by atomic mass is 9.58. The molecule has 0 radical (unpaired) electrons. The van der Waals surface area contributed by atoms with Crippen LogP contribution in [0.15, 0.2) is 54.7 Å². The van der Waals surface area contributed by atoms with Crippen molar-refractivity contribution < 1.29 is 13.9 Å². The van der Waals surface area contributed by atoms with Crippen molar-refractivity contribution in [1.29, 1.82) is 5.26 Å². The van der Waals surface area contributed by atoms with Gasteiger partial charge in [-0.15, -0.1) is 0 Å². The predicted octanol–water partition coefficient (Wildman–Crippen LogP) is 6.08. The Kier molecular flexibility index (Phi) is 9.65. The van der Waals surface area contributed by atoms with E-state index in [1.165, 1.54) is 11.8 Å². The third-order valence-electron chi connectivity index (χ3n) is 10.8. The smallest absolute Gasteiger partial charge is 0.407 e. The first-order chi connectivity index (χ1) is 22.3. The normalized spacial score (nSPS) is 22.2. The molecule has 2 saturated heterocycles. The number of amides is 1. The number of nitrogens with one attached hydrogen (secondary N) is 1. The highest BCUT2D eigenvalue weighted by atomic mass is 19.1. The second-order valence-corrected chi connectivity index (χ2v) is 13.6. The number of nitriles is 1. The maximum Gasteiger partial charge on any atom is 0.407 e. The van der Waals surface area contributed by atoms with Crippen LogP contribution < -0.4 is 10.2 Å². The molecule has 0 unspecified atom stereocenters. The molecule has 0 bridgehead atoms. The molecular formula is C37H47FN6O2. The van der Waals surface area contributed by atoms with E-state index in [0.29, 0.717) is 18.0 Å². The van der Waals surface area contributed by atoms with Gasteiger partial charge in [-0.05, 0) is 100.0 Å². The van der Waals surface area contributed by atoms with Crippen molar-refractivity contribution >= 4 is 11.8 Å². The Morgan fingerprint density at radius 1 is 1.13 bits per heavy atom. The number of benzene rings is 2. The summed E-state index contributed by atoms with van der Waals surface area (Å²) in [4.78, 5) is 22.4. The molecule has 3 atom stereocenters. The monoisotopic (exact) mass is 626 g/mol. The zero-order valence-electron chi connectivity index (χ0n) is 27.4. The Bertz CT molecular complexity index is 1540. The summed E-state index contributed by atoms with van der Waals surface area (Å²) in [6, 6.07) is 17.3. The van der Waals surface area contributed by atoms with Gasteiger partial charge in [-0.1, -0.05) is 19.1 Å². The van der Waals surface area contributed by atoms with E-state index >= 15 is 4.39 Å². The number of imidazole rings is 1. The highest BCUT2D eigenvalue weighted by molar-refractivity contribution is 5.67. The Labute approximate surface area is 272 Å². The SMILES string of the molecule is CCc1nc(C)cn1C[C@@](c1cccc(F)c1)(C1CCN(CC2CN(c3ccc(C#N)cc3)C2)CC1)[C@H]1CCC[C@@H]1OC(=O)NC. The lowest BCUT2D eigenvalue weighted by Gasteiger charge is -2.51. The van der Waals surface area contributed by atoms with Gasteiger partial charge < -0.3 is 24.4 Å². The summed E-state index contributed by atoms with van der Waals surface area (Å²) in [7, 11) is 1.61. The van der Waals surface area contributed by atoms with Crippen LogP contribution in [0, 0.1) is 41.8 Å². The number of alkyl carbamates (subject to hydrolysis) is 1. The first-order valence-electron chi connectivity index (χ1n) is 17.0. The van der Waals surface area contributed by atoms with Crippen molar-refractivity contribution in [3.8, 4) is 6.07 Å². The van der Waals surface area contributed by atoms with Gasteiger partial charge in [-0.2, -0.15) is 5.26 Å². The summed E-state index contributed by atoms with van der Waals surface area (Å²) in [6.45, 7) is 9.97. The minimum atomic E-state index is -0.427. The molecule has 46 heavy (non-hydrogen) atoms. The molecule has 3 fully saturated rings. The first kappa shape index (κ1) is 32.1. The van der Waals surface area contributed by atoms with E-state index in [0.717, 1.165) is 88.3 Å². The van der Waals surface area contributed by atoms with Gasteiger partial charge in [0.25, 0.3) is 0 Å². The van der Waals surface area contributed by atoms with Crippen molar-refractivity contribution in [1.82, 2.24) is 19.8 Å². The first-order valence-corrected chi connectivity index (χ1v) is 17.0. The van der Waals surface area contributed by atoms with Crippen LogP contribution in [0.25, 0.3) is 0 Å². The van der Waals surface area contributed by atoms with E-state index in [2.05, 4.69) is 44.9 Å². The summed E-state index contributed by atoms with van der Waals surface area (Å²) in [6.07, 6.45) is 7.04. The highest BCUT2D eigenvalue weighted by Gasteiger charge is 2.53. The van der Waals surface area contributed by atoms with Gasteiger partial charge in [0.1, 0.15) is 17.7 Å². The molecule has 1 amide bonds. The van der Waals surface area contributed by atoms with Crippen LogP contribution in [0.4, 0.5) is 14.9 Å². The number of anilines is 1. The van der Waals surface area contributed by atoms with Gasteiger partial charge in [-0.3, -0.25) is 0 Å². The lowest BCUT2D eigenvalue weighted by molar-refractivity contribution is 0.00160. The van der Waals surface area contributed by atoms with Crippen LogP contribution in [-0.2, 0) is 23.1 Å². The van der Waals surface area contributed by atoms with Crippen LogP contribution in [0.3, 0.4) is 0 Å². The van der Waals surface area contributed by atoms with E-state index in [-0.39, 0.29) is 23.8 Å². The van der Waals surface area contributed by atoms with Gasteiger partial charge in [0.05, 0.1) is 17.3 Å². The summed E-state index contributed by atoms with van der Waals surface area (Å²) in [5.74, 6) is 1.77. The number of hydrogen-bond donors (Lipinski definition) is 1. The zero-order valence-corrected chi connectivity index (χ0v) is 27.4. The topological polar surface area (TPSA) is 86.4 Å². The number of nitrogens with zero attached hydrogens (tertiary/aromatic N) is 5. The van der Waals surface area contributed by atoms with Crippen molar-refractivity contribution in [2.45, 2.75) is 70.4 Å². The summed E-state index contributed by atoms with van der Waals surface area (Å²) in [5, 5.41) is 11.8. The second kappa shape index (κ2) is 13.8. The van der Waals surface area contributed by atoms with E-state index in [4.69, 9.17) is 15.0 Å². The van der Waals surface area contributed by atoms with Crippen LogP contribution >= 0.6 is 0 Å². The van der Waals surface area contributed by atoms with Gasteiger partial charge in [0.2, 0.25) is 0 Å². The standard InChI is InChI=1S/C37H47FN6O2/c1-4-35-41-26(2)21-44(35)25-37(30-7-5-8-31(38)19-30,33-9-6-10-34(33)46-36(45)40-3)29-15-17-42(18-16-29)22-28-23-43(24-28)32-13-11-27(20-39)12-14-32/h5,7-8,11-14,19,21,28-29,33-34H,4,6,9-10,15-18,22-25H2,1-3H3,(H,40,45)/t33-,34-,37-/m0/s1. The van der Waals surface area contributed by atoms with E-state index < -0.39 is 11.5 Å². The summed E-state index contributed by atoms with van der Waals surface area (Å²) >= 11 is 0. The van der Waals surface area contributed by atoms with E-state index in [1.54, 1.807) is 13.1 Å². The number of aromatic nitrogens is 2. The largest absolute Gasteiger partial charge is 0.446 e. The van der Waals surface area contributed by atoms with E-state index in [1.807, 2.05) is 37.3 Å². The number of piperidine rings is 1. The molecule has 8 nitrogen and oxygen atoms in total. The maximum absolute atomic E-state index is 15.1. The number of likely N-dealkylation sites (tertiary alicyclic amines) is 1. The Balaban J connectivity index is 1.25. The van der Waals surface area contributed by atoms with E-state index in [9.17, 15) is 4.79 Å². The number of carbonyl (C=O) groups excluding carboxylic acids is 1. The molecule has 3 aromatic rings. The van der Waals surface area contributed by atoms with Crippen molar-refractivity contribution in [2.75, 3.05) is 44.7 Å². The molecule has 2 aromatic carbocycles. The number of rotatable bonds is 10. The quantitative estimate of drug-likeness (QED) is 0.294. The van der Waals surface area contributed by atoms with Gasteiger partial charge in [0.15, 0.2) is 0 Å². The Morgan fingerprint density at radius 2 is 1.89 bits per heavy atom. The molecular weight excluding hydrogens is 579 g/mol. The van der Waals surface area contributed by atoms with Crippen molar-refractivity contribution in [3.63, 3.8) is 0 Å². The Hall–Kier alpha value is -3.90. The molecule has 3 heterocycles. The third-order valence-corrected chi connectivity index (χ3v) is 10.8. The third kappa shape index (κ3) is 6.50. The lowest BCUT2D eigenvalue weighted by Crippen LogP contribution is -2.55. The molecule has 3 aliphatic rings. The fourth-order valence-corrected chi connectivity index (χ4v) is 8.66. The van der Waals surface area contributed by atoms with Crippen LogP contribution in [0.5, 0.6) is 0 Å². The molecule has 0 spiro atoms. The minimum Gasteiger partial charge on any atom is -0.446 e. The fraction of sp³-hybridized carbons (Fsp3) is 0.541. The molecule has 1 aromatic heterocycles. The average molecular weight is 627 g/mol. The maximum atomic E-state index is 15.1. The summed E-state index contributed by atoms with van der Waals surface area (Å²) < 4.78 is 23.5. The number of carbonyl (C=O) groups is 1. The molecule has 6 rings (SSSR count). The number of hydrogen-bond acceptors (Lipinski definition) is 6. The molecule has 1 aliphatic carbocycles. The Morgan fingerprint density at radius 3 is 2.57 bits per heavy atom. The van der Waals surface area contributed by atoms with Crippen LogP contribution in [-0.4, -0.2) is 66.4 Å². The molecule has 9 heteroatoms.